The minimum atomic E-state index is -0.871. The highest BCUT2D eigenvalue weighted by Crippen LogP contribution is 2.44. The van der Waals surface area contributed by atoms with Crippen molar-refractivity contribution in [3.05, 3.63) is 125 Å². The summed E-state index contributed by atoms with van der Waals surface area (Å²) < 4.78 is 5.79. The van der Waals surface area contributed by atoms with Crippen LogP contribution in [-0.2, 0) is 27.4 Å². The molecule has 4 aromatic carbocycles. The molecule has 0 unspecified atom stereocenters. The number of ketones is 1. The van der Waals surface area contributed by atoms with E-state index in [2.05, 4.69) is 40.2 Å². The Balaban J connectivity index is 0.00000265. The van der Waals surface area contributed by atoms with Crippen molar-refractivity contribution < 1.29 is 24.2 Å². The molecule has 0 saturated carbocycles. The van der Waals surface area contributed by atoms with Gasteiger partial charge in [0.25, 0.3) is 0 Å². The van der Waals surface area contributed by atoms with E-state index in [0.29, 0.717) is 12.1 Å². The number of fused-ring (bicyclic) bond motifs is 3. The fraction of sp³-hybridized carbons (Fsp3) is 0.341. The van der Waals surface area contributed by atoms with Crippen LogP contribution in [0.3, 0.4) is 0 Å². The van der Waals surface area contributed by atoms with Crippen molar-refractivity contribution in [3.8, 4) is 11.1 Å². The number of unbranched alkanes of at least 4 members (excludes halogenated alkanes) is 1. The van der Waals surface area contributed by atoms with Crippen molar-refractivity contribution >= 4 is 23.5 Å². The van der Waals surface area contributed by atoms with E-state index in [1.165, 1.54) is 0 Å². The van der Waals surface area contributed by atoms with E-state index in [9.17, 15) is 19.5 Å². The second-order valence-corrected chi connectivity index (χ2v) is 12.0. The van der Waals surface area contributed by atoms with Gasteiger partial charge in [-0.15, -0.1) is 0 Å². The third kappa shape index (κ3) is 10.3. The Labute approximate surface area is 290 Å². The van der Waals surface area contributed by atoms with Gasteiger partial charge < -0.3 is 25.8 Å². The first kappa shape index (κ1) is 37.0. The lowest BCUT2D eigenvalue weighted by Crippen LogP contribution is -2.44. The molecule has 0 aliphatic heterocycles. The number of ether oxygens (including phenoxy) is 1. The second kappa shape index (κ2) is 19.3. The molecule has 8 heteroatoms. The third-order valence-electron chi connectivity index (χ3n) is 8.76. The van der Waals surface area contributed by atoms with Crippen LogP contribution in [0.25, 0.3) is 11.1 Å². The zero-order valence-corrected chi connectivity index (χ0v) is 28.8. The highest BCUT2D eigenvalue weighted by molar-refractivity contribution is 5.97. The maximum Gasteiger partial charge on any atom is 0.407 e. The molecule has 0 spiro atoms. The number of carbonyl (C=O) groups is 3. The van der Waals surface area contributed by atoms with Gasteiger partial charge >= 0.3 is 6.09 Å². The summed E-state index contributed by atoms with van der Waals surface area (Å²) in [4.78, 5) is 40.7. The molecule has 0 aromatic heterocycles. The Bertz CT molecular complexity index is 1600. The monoisotopic (exact) mass is 663 g/mol. The minimum Gasteiger partial charge on any atom is -0.449 e. The van der Waals surface area contributed by atoms with Crippen molar-refractivity contribution in [2.75, 3.05) is 25.5 Å². The molecule has 4 aromatic rings. The van der Waals surface area contributed by atoms with E-state index in [1.807, 2.05) is 75.5 Å². The second-order valence-electron chi connectivity index (χ2n) is 12.0. The van der Waals surface area contributed by atoms with Crippen LogP contribution in [-0.4, -0.2) is 49.1 Å². The van der Waals surface area contributed by atoms with Crippen LogP contribution in [0, 0.1) is 5.92 Å². The number of alkyl carbamates (subject to hydrolysis) is 1. The fourth-order valence-corrected chi connectivity index (χ4v) is 6.22. The van der Waals surface area contributed by atoms with E-state index in [-0.39, 0.29) is 43.7 Å². The van der Waals surface area contributed by atoms with Crippen molar-refractivity contribution in [2.24, 2.45) is 5.92 Å². The predicted octanol–water partition coefficient (Wildman–Crippen LogP) is 7.26. The molecule has 8 nitrogen and oxygen atoms in total. The highest BCUT2D eigenvalue weighted by Gasteiger charge is 2.31. The topological polar surface area (TPSA) is 117 Å². The van der Waals surface area contributed by atoms with Gasteiger partial charge in [0.2, 0.25) is 5.91 Å². The smallest absolute Gasteiger partial charge is 0.407 e. The van der Waals surface area contributed by atoms with Gasteiger partial charge in [-0.2, -0.15) is 0 Å². The quantitative estimate of drug-likeness (QED) is 0.0939. The number of hydrogen-bond donors (Lipinski definition) is 4. The summed E-state index contributed by atoms with van der Waals surface area (Å²) in [7, 11) is 1.88. The largest absolute Gasteiger partial charge is 0.449 e. The van der Waals surface area contributed by atoms with Gasteiger partial charge in [-0.3, -0.25) is 9.59 Å². The lowest BCUT2D eigenvalue weighted by Gasteiger charge is -2.22. The van der Waals surface area contributed by atoms with Crippen molar-refractivity contribution in [2.45, 2.75) is 64.5 Å². The number of nitrogens with one attached hydrogen (secondary N) is 3. The summed E-state index contributed by atoms with van der Waals surface area (Å²) in [6.07, 6.45) is 1.74. The van der Waals surface area contributed by atoms with Gasteiger partial charge in [0.05, 0.1) is 12.6 Å². The molecule has 0 saturated heterocycles. The first-order valence-corrected chi connectivity index (χ1v) is 17.3. The molecule has 2 atom stereocenters. The number of hydrogen-bond acceptors (Lipinski definition) is 6. The van der Waals surface area contributed by atoms with Crippen LogP contribution in [0.4, 0.5) is 10.5 Å². The number of aliphatic hydroxyl groups is 1. The zero-order valence-electron chi connectivity index (χ0n) is 28.8. The molecule has 0 radical (unpaired) electrons. The average Bonchev–Trinajstić information content (AvgIpc) is 3.46. The fourth-order valence-electron chi connectivity index (χ4n) is 6.22. The first-order chi connectivity index (χ1) is 24.0. The molecule has 49 heavy (non-hydrogen) atoms. The van der Waals surface area contributed by atoms with Gasteiger partial charge in [0.1, 0.15) is 6.61 Å². The van der Waals surface area contributed by atoms with Crippen LogP contribution in [0.1, 0.15) is 67.7 Å². The van der Waals surface area contributed by atoms with E-state index in [4.69, 9.17) is 4.74 Å². The maximum atomic E-state index is 13.9. The molecule has 1 aliphatic carbocycles. The third-order valence-corrected chi connectivity index (χ3v) is 8.76. The highest BCUT2D eigenvalue weighted by atomic mass is 16.5. The molecule has 0 heterocycles. The molecule has 2 amide bonds. The van der Waals surface area contributed by atoms with Crippen LogP contribution in [0.15, 0.2) is 103 Å². The minimum absolute atomic E-state index is 0.0265. The molecule has 5 rings (SSSR count). The number of aliphatic hydroxyl groups excluding tert-OH is 1. The zero-order chi connectivity index (χ0) is 35.0. The average molecular weight is 664 g/mol. The Morgan fingerprint density at radius 1 is 0.776 bits per heavy atom. The Morgan fingerprint density at radius 3 is 2.00 bits per heavy atom. The lowest BCUT2D eigenvalue weighted by atomic mass is 9.90. The van der Waals surface area contributed by atoms with Crippen molar-refractivity contribution in [3.63, 3.8) is 0 Å². The number of amides is 2. The molecule has 0 fully saturated rings. The van der Waals surface area contributed by atoms with Gasteiger partial charge in [-0.05, 0) is 78.4 Å². The number of Topliss-reactive ketones (excluding diaryl/α,β-unsaturated/α-hetero) is 1. The summed E-state index contributed by atoms with van der Waals surface area (Å²) in [5.41, 5.74) is 6.72. The summed E-state index contributed by atoms with van der Waals surface area (Å²) in [6, 6.07) is 31.9. The lowest BCUT2D eigenvalue weighted by molar-refractivity contribution is -0.127. The SMILES string of the molecule is CC.CNCCCC[C@H](CC(=O)[C@H](Cc1ccccc1)NC(=O)OCC1c2ccccc2-c2ccccc21)C(=O)Nc1ccc(CO)cc1. The Kier molecular flexibility index (Phi) is 14.6. The van der Waals surface area contributed by atoms with E-state index in [1.54, 1.807) is 24.3 Å². The van der Waals surface area contributed by atoms with Crippen molar-refractivity contribution in [1.82, 2.24) is 10.6 Å². The van der Waals surface area contributed by atoms with Gasteiger partial charge in [-0.25, -0.2) is 4.79 Å². The summed E-state index contributed by atoms with van der Waals surface area (Å²) >= 11 is 0. The van der Waals surface area contributed by atoms with E-state index < -0.39 is 18.1 Å². The number of anilines is 1. The molecular weight excluding hydrogens is 614 g/mol. The standard InChI is InChI=1S/C39H43N3O5.C2H6/c1-40-22-10-9-13-29(38(45)41-30-20-18-28(25-43)19-21-30)24-37(44)36(23-27-11-3-2-4-12-27)42-39(46)47-26-35-33-16-7-5-14-31(33)32-15-6-8-17-34(32)35;1-2/h2-8,11-12,14-21,29,35-36,40,43H,9-10,13,22-26H2,1H3,(H,41,45)(H,42,46);1-2H3/t29-,36+;/m1./s1. The Morgan fingerprint density at radius 2 is 1.39 bits per heavy atom. The number of carbonyl (C=O) groups excluding carboxylic acids is 3. The van der Waals surface area contributed by atoms with Crippen LogP contribution < -0.4 is 16.0 Å². The summed E-state index contributed by atoms with van der Waals surface area (Å²) in [5.74, 6) is -1.17. The van der Waals surface area contributed by atoms with Gasteiger partial charge in [0, 0.05) is 23.9 Å². The normalized spacial score (nSPS) is 12.8. The van der Waals surface area contributed by atoms with E-state index in [0.717, 1.165) is 52.8 Å². The van der Waals surface area contributed by atoms with Crippen LogP contribution in [0.2, 0.25) is 0 Å². The molecule has 1 aliphatic rings. The van der Waals surface area contributed by atoms with Crippen LogP contribution in [0.5, 0.6) is 0 Å². The van der Waals surface area contributed by atoms with E-state index >= 15 is 0 Å². The van der Waals surface area contributed by atoms with Crippen molar-refractivity contribution in [1.29, 1.82) is 0 Å². The molecule has 258 valence electrons. The number of rotatable bonds is 16. The predicted molar refractivity (Wildman–Crippen MR) is 195 cm³/mol. The maximum absolute atomic E-state index is 13.9. The number of benzene rings is 4. The first-order valence-electron chi connectivity index (χ1n) is 17.3. The molecular formula is C41H49N3O5. The summed E-state index contributed by atoms with van der Waals surface area (Å²) in [5, 5.41) is 18.3. The summed E-state index contributed by atoms with van der Waals surface area (Å²) in [6.45, 7) is 4.86. The Hall–Kier alpha value is -4.79. The van der Waals surface area contributed by atoms with Gasteiger partial charge in [0.15, 0.2) is 5.78 Å². The molecule has 0 bridgehead atoms. The van der Waals surface area contributed by atoms with Crippen LogP contribution >= 0.6 is 0 Å². The molecule has 4 N–H and O–H groups in total. The van der Waals surface area contributed by atoms with Gasteiger partial charge in [-0.1, -0.05) is 111 Å².